The van der Waals surface area contributed by atoms with Crippen LogP contribution in [0.2, 0.25) is 0 Å². The minimum absolute atomic E-state index is 0.108. The van der Waals surface area contributed by atoms with Crippen LogP contribution < -0.4 is 10.1 Å². The highest BCUT2D eigenvalue weighted by Crippen LogP contribution is 2.33. The van der Waals surface area contributed by atoms with E-state index in [4.69, 9.17) is 9.47 Å². The van der Waals surface area contributed by atoms with Crippen LogP contribution in [-0.4, -0.2) is 84.1 Å². The number of hydrogen-bond donors (Lipinski definition) is 5. The van der Waals surface area contributed by atoms with Crippen LogP contribution in [0, 0.1) is 0 Å². The molecule has 5 N–H and O–H groups in total. The average molecular weight is 460 g/mol. The number of aliphatic hydroxyl groups is 4. The predicted octanol–water partition coefficient (Wildman–Crippen LogP) is 0.242. The Hall–Kier alpha value is -2.83. The van der Waals surface area contributed by atoms with Gasteiger partial charge in [0.15, 0.2) is 23.2 Å². The third-order valence-corrected chi connectivity index (χ3v) is 5.51. The van der Waals surface area contributed by atoms with E-state index in [1.54, 1.807) is 0 Å². The lowest BCUT2D eigenvalue weighted by Crippen LogP contribution is -2.33. The number of fused-ring (bicyclic) bond motifs is 1. The van der Waals surface area contributed by atoms with E-state index in [0.29, 0.717) is 30.0 Å². The van der Waals surface area contributed by atoms with Crippen LogP contribution in [0.1, 0.15) is 25.1 Å². The minimum atomic E-state index is -1.28. The number of benzene rings is 1. The zero-order valence-electron chi connectivity index (χ0n) is 18.3. The zero-order chi connectivity index (χ0) is 23.4. The van der Waals surface area contributed by atoms with Crippen molar-refractivity contribution in [3.8, 4) is 6.01 Å². The van der Waals surface area contributed by atoms with Crippen molar-refractivity contribution in [1.82, 2.24) is 19.5 Å². The molecule has 11 nitrogen and oxygen atoms in total. The fourth-order valence-electron chi connectivity index (χ4n) is 3.80. The van der Waals surface area contributed by atoms with Crippen LogP contribution in [0.5, 0.6) is 6.01 Å². The summed E-state index contributed by atoms with van der Waals surface area (Å²) in [7, 11) is 0. The molecule has 5 unspecified atom stereocenters. The minimum Gasteiger partial charge on any atom is -0.463 e. The summed E-state index contributed by atoms with van der Waals surface area (Å²) in [4.78, 5) is 13.3. The highest BCUT2D eigenvalue weighted by atomic mass is 16.6. The van der Waals surface area contributed by atoms with Crippen molar-refractivity contribution in [3.05, 3.63) is 42.2 Å². The maximum atomic E-state index is 10.5. The van der Waals surface area contributed by atoms with E-state index >= 15 is 0 Å². The van der Waals surface area contributed by atoms with Gasteiger partial charge in [-0.1, -0.05) is 37.3 Å². The number of nitrogens with one attached hydrogen (secondary N) is 1. The Morgan fingerprint density at radius 1 is 1.15 bits per heavy atom. The summed E-state index contributed by atoms with van der Waals surface area (Å²) in [6.45, 7) is 1.79. The number of nitrogens with zero attached hydrogens (tertiary/aromatic N) is 4. The number of anilines is 1. The largest absolute Gasteiger partial charge is 0.463 e. The molecule has 1 fully saturated rings. The standard InChI is InChI=1S/C22H29N5O6/c1-2-8-32-22-25-19(24-14(10-28)9-13-6-4-3-5-7-13)16-20(26-22)27(12-23-16)21-18(31)17(30)15(11-29)33-21/h3-7,12,14-15,17-18,21,28-31H,2,8-11H2,1H3,(H,24,25,26). The fourth-order valence-corrected chi connectivity index (χ4v) is 3.80. The molecule has 1 aromatic carbocycles. The number of aromatic nitrogens is 4. The number of rotatable bonds is 10. The summed E-state index contributed by atoms with van der Waals surface area (Å²) in [6, 6.07) is 9.52. The molecule has 0 saturated carbocycles. The topological polar surface area (TPSA) is 155 Å². The average Bonchev–Trinajstić information content (AvgIpc) is 3.38. The molecule has 0 aliphatic carbocycles. The van der Waals surface area contributed by atoms with E-state index in [9.17, 15) is 20.4 Å². The lowest BCUT2D eigenvalue weighted by molar-refractivity contribution is -0.0511. The highest BCUT2D eigenvalue weighted by Gasteiger charge is 2.44. The molecule has 3 heterocycles. The van der Waals surface area contributed by atoms with Gasteiger partial charge in [0.05, 0.1) is 32.2 Å². The van der Waals surface area contributed by atoms with Gasteiger partial charge in [0.2, 0.25) is 0 Å². The van der Waals surface area contributed by atoms with Gasteiger partial charge in [-0.15, -0.1) is 0 Å². The van der Waals surface area contributed by atoms with E-state index in [1.165, 1.54) is 10.9 Å². The smallest absolute Gasteiger partial charge is 0.320 e. The van der Waals surface area contributed by atoms with Crippen LogP contribution in [0.15, 0.2) is 36.7 Å². The van der Waals surface area contributed by atoms with E-state index < -0.39 is 31.1 Å². The second-order valence-corrected chi connectivity index (χ2v) is 7.97. The molecule has 33 heavy (non-hydrogen) atoms. The SMILES string of the molecule is CCCOc1nc(NC(CO)Cc2ccccc2)c2ncn(C3OC(CO)C(O)C3O)c2n1. The Morgan fingerprint density at radius 2 is 1.94 bits per heavy atom. The molecular weight excluding hydrogens is 430 g/mol. The number of hydrogen-bond acceptors (Lipinski definition) is 10. The second-order valence-electron chi connectivity index (χ2n) is 7.97. The molecule has 0 radical (unpaired) electrons. The van der Waals surface area contributed by atoms with Crippen molar-refractivity contribution in [2.24, 2.45) is 0 Å². The second kappa shape index (κ2) is 10.4. The van der Waals surface area contributed by atoms with Gasteiger partial charge in [-0.05, 0) is 18.4 Å². The van der Waals surface area contributed by atoms with Crippen LogP contribution in [0.4, 0.5) is 5.82 Å². The van der Waals surface area contributed by atoms with Gasteiger partial charge in [0.1, 0.15) is 18.3 Å². The number of imidazole rings is 1. The molecule has 0 amide bonds. The van der Waals surface area contributed by atoms with Gasteiger partial charge in [0.25, 0.3) is 0 Å². The van der Waals surface area contributed by atoms with Crippen molar-refractivity contribution < 1.29 is 29.9 Å². The zero-order valence-corrected chi connectivity index (χ0v) is 18.3. The molecule has 2 aromatic heterocycles. The Kier molecular flexibility index (Phi) is 7.36. The Morgan fingerprint density at radius 3 is 2.61 bits per heavy atom. The Labute approximate surface area is 190 Å². The first-order valence-corrected chi connectivity index (χ1v) is 11.0. The monoisotopic (exact) mass is 459 g/mol. The van der Waals surface area contributed by atoms with E-state index in [2.05, 4.69) is 20.3 Å². The maximum Gasteiger partial charge on any atom is 0.320 e. The molecule has 1 aliphatic rings. The molecule has 1 aliphatic heterocycles. The normalized spacial score (nSPS) is 23.7. The fraction of sp³-hybridized carbons (Fsp3) is 0.500. The van der Waals surface area contributed by atoms with Gasteiger partial charge in [-0.3, -0.25) is 4.57 Å². The van der Waals surface area contributed by atoms with Crippen molar-refractivity contribution >= 4 is 17.0 Å². The van der Waals surface area contributed by atoms with Gasteiger partial charge in [-0.2, -0.15) is 9.97 Å². The van der Waals surface area contributed by atoms with Gasteiger partial charge in [-0.25, -0.2) is 4.98 Å². The van der Waals surface area contributed by atoms with E-state index in [1.807, 2.05) is 37.3 Å². The van der Waals surface area contributed by atoms with Crippen LogP contribution in [0.25, 0.3) is 11.2 Å². The Balaban J connectivity index is 1.68. The third-order valence-electron chi connectivity index (χ3n) is 5.51. The lowest BCUT2D eigenvalue weighted by Gasteiger charge is -2.19. The summed E-state index contributed by atoms with van der Waals surface area (Å²) < 4.78 is 12.8. The van der Waals surface area contributed by atoms with Gasteiger partial charge < -0.3 is 35.2 Å². The first-order valence-electron chi connectivity index (χ1n) is 11.0. The predicted molar refractivity (Wildman–Crippen MR) is 119 cm³/mol. The first-order chi connectivity index (χ1) is 16.0. The molecular formula is C22H29N5O6. The van der Waals surface area contributed by atoms with Crippen molar-refractivity contribution in [2.75, 3.05) is 25.1 Å². The first kappa shape index (κ1) is 23.3. The summed E-state index contributed by atoms with van der Waals surface area (Å²) >= 11 is 0. The number of ether oxygens (including phenoxy) is 2. The molecule has 3 aromatic rings. The van der Waals surface area contributed by atoms with Gasteiger partial charge >= 0.3 is 6.01 Å². The quantitative estimate of drug-likeness (QED) is 0.285. The summed E-state index contributed by atoms with van der Waals surface area (Å²) in [5.41, 5.74) is 1.77. The van der Waals surface area contributed by atoms with Crippen molar-refractivity contribution in [2.45, 2.75) is 50.3 Å². The highest BCUT2D eigenvalue weighted by molar-refractivity contribution is 5.83. The third kappa shape index (κ3) is 4.92. The van der Waals surface area contributed by atoms with Crippen LogP contribution in [-0.2, 0) is 11.2 Å². The molecule has 0 bridgehead atoms. The maximum absolute atomic E-state index is 10.5. The van der Waals surface area contributed by atoms with Gasteiger partial charge in [0, 0.05) is 0 Å². The summed E-state index contributed by atoms with van der Waals surface area (Å²) in [5, 5.41) is 43.2. The molecule has 5 atom stereocenters. The van der Waals surface area contributed by atoms with Crippen LogP contribution in [0.3, 0.4) is 0 Å². The summed E-state index contributed by atoms with van der Waals surface area (Å²) in [6.07, 6.45) is -1.72. The number of aliphatic hydroxyl groups excluding tert-OH is 4. The Bertz CT molecular complexity index is 1050. The van der Waals surface area contributed by atoms with E-state index in [0.717, 1.165) is 12.0 Å². The molecule has 4 rings (SSSR count). The molecule has 1 saturated heterocycles. The molecule has 11 heteroatoms. The molecule has 0 spiro atoms. The molecule has 178 valence electrons. The summed E-state index contributed by atoms with van der Waals surface area (Å²) in [5.74, 6) is 0.367. The van der Waals surface area contributed by atoms with Crippen LogP contribution >= 0.6 is 0 Å². The van der Waals surface area contributed by atoms with Crippen molar-refractivity contribution in [1.29, 1.82) is 0 Å². The van der Waals surface area contributed by atoms with E-state index in [-0.39, 0.29) is 18.7 Å². The van der Waals surface area contributed by atoms with Crippen molar-refractivity contribution in [3.63, 3.8) is 0 Å². The lowest BCUT2D eigenvalue weighted by atomic mass is 10.1.